The maximum Gasteiger partial charge on any atom is 0.303 e. The zero-order chi connectivity index (χ0) is 103. The number of unbranched alkanes of at least 4 members (excludes halogenated alkanes) is 3. The molecule has 43 nitrogen and oxygen atoms in total. The molecule has 6 rings (SSSR count). The van der Waals surface area contributed by atoms with Crippen molar-refractivity contribution < 1.29 is 157 Å². The summed E-state index contributed by atoms with van der Waals surface area (Å²) in [6.45, 7) is 15.0. The number of hydrogen-bond donors (Lipinski definition) is 8. The van der Waals surface area contributed by atoms with E-state index in [1.54, 1.807) is 4.90 Å². The van der Waals surface area contributed by atoms with E-state index in [2.05, 4.69) is 83.8 Å². The van der Waals surface area contributed by atoms with E-state index in [1.165, 1.54) is 27.7 Å². The van der Waals surface area contributed by atoms with Crippen LogP contribution in [0.3, 0.4) is 0 Å². The lowest BCUT2D eigenvalue weighted by Gasteiger charge is -2.46. The van der Waals surface area contributed by atoms with Crippen LogP contribution in [-0.4, -0.2) is 307 Å². The molecule has 3 fully saturated rings. The molecular weight excluding hydrogens is 1830 g/mol. The second-order valence-electron chi connectivity index (χ2n) is 33.9. The first-order chi connectivity index (χ1) is 66.9. The number of carbonyl (C=O) groups is 18. The van der Waals surface area contributed by atoms with Crippen LogP contribution < -0.4 is 42.5 Å². The third kappa shape index (κ3) is 42.1. The van der Waals surface area contributed by atoms with Crippen LogP contribution in [0.4, 0.5) is 0 Å². The molecule has 8 N–H and O–H groups in total. The normalized spacial score (nSPS) is 20.9. The molecule has 3 saturated heterocycles. The van der Waals surface area contributed by atoms with Gasteiger partial charge in [0, 0.05) is 200 Å². The largest absolute Gasteiger partial charge is 0.463 e. The fraction of sp³-hybridized carbons (Fsp3) is 0.629. The molecule has 0 spiro atoms. The van der Waals surface area contributed by atoms with Gasteiger partial charge in [0.15, 0.2) is 55.5 Å². The van der Waals surface area contributed by atoms with E-state index in [-0.39, 0.29) is 146 Å². The van der Waals surface area contributed by atoms with Crippen LogP contribution in [0.25, 0.3) is 0 Å². The van der Waals surface area contributed by atoms with Gasteiger partial charge >= 0.3 is 53.7 Å². The highest BCUT2D eigenvalue weighted by atomic mass is 16.7. The molecule has 3 aromatic rings. The average molecular weight is 1970 g/mol. The Balaban J connectivity index is 1.09. The SMILES string of the molecule is CC(=O)NC1[C@H](OCCCCC(=O)NCCCC(=O)NCCCN(CCCN(CCCNC(=O)CCCNC(=O)CCCCO[C@@H]2OC(COC(C)=O)[C@H](OC(C)=O)[C@H](OC(C)=O)C2NC(C)=O)C(c2ccccc2)(c2ccccc2)c2ccccc2)C(=O)CCCNC(=O)CCCCO[C@@H]2OC(COC(C)=O)[C@H](OC(C)=O)[C@H](OC(C)=O)C2NC(C)=O)OC(COC(C)=O)[C@H](OC(C)=O)[C@@H]1OC(C)=O. The maximum atomic E-state index is 14.7. The number of hydrogen-bond acceptors (Lipinski definition) is 34. The van der Waals surface area contributed by atoms with E-state index in [4.69, 9.17) is 71.1 Å². The van der Waals surface area contributed by atoms with E-state index < -0.39 is 189 Å². The van der Waals surface area contributed by atoms with Crippen molar-refractivity contribution in [3.05, 3.63) is 108 Å². The minimum absolute atomic E-state index is 0.00509. The molecule has 0 saturated carbocycles. The van der Waals surface area contributed by atoms with Gasteiger partial charge in [0.25, 0.3) is 0 Å². The topological polar surface area (TPSA) is 548 Å². The summed E-state index contributed by atoms with van der Waals surface area (Å²) in [6.07, 6.45) is -10.7. The summed E-state index contributed by atoms with van der Waals surface area (Å²) in [5, 5.41) is 22.6. The average Bonchev–Trinajstić information content (AvgIpc) is 0.736. The molecule has 776 valence electrons. The van der Waals surface area contributed by atoms with Crippen molar-refractivity contribution in [1.82, 2.24) is 52.3 Å². The van der Waals surface area contributed by atoms with Gasteiger partial charge in [-0.15, -0.1) is 0 Å². The summed E-state index contributed by atoms with van der Waals surface area (Å²) in [4.78, 5) is 232. The van der Waals surface area contributed by atoms with Crippen molar-refractivity contribution in [2.75, 3.05) is 98.5 Å². The van der Waals surface area contributed by atoms with Crippen molar-refractivity contribution >= 4 is 107 Å². The minimum atomic E-state index is -1.33. The van der Waals surface area contributed by atoms with Crippen molar-refractivity contribution in [3.8, 4) is 0 Å². The van der Waals surface area contributed by atoms with Gasteiger partial charge < -0.3 is 118 Å². The first-order valence-electron chi connectivity index (χ1n) is 47.5. The van der Waals surface area contributed by atoms with E-state index >= 15 is 0 Å². The number of benzene rings is 3. The van der Waals surface area contributed by atoms with Gasteiger partial charge in [-0.3, -0.25) is 91.2 Å². The van der Waals surface area contributed by atoms with Gasteiger partial charge in [0.2, 0.25) is 53.2 Å². The lowest BCUT2D eigenvalue weighted by molar-refractivity contribution is -0.277. The number of nitrogens with zero attached hydrogens (tertiary/aromatic N) is 2. The van der Waals surface area contributed by atoms with Crippen LogP contribution in [0.1, 0.15) is 215 Å². The summed E-state index contributed by atoms with van der Waals surface area (Å²) < 4.78 is 84.9. The fourth-order valence-corrected chi connectivity index (χ4v) is 16.4. The highest BCUT2D eigenvalue weighted by Gasteiger charge is 2.55. The van der Waals surface area contributed by atoms with Gasteiger partial charge in [0.05, 0.1) is 5.54 Å². The lowest BCUT2D eigenvalue weighted by atomic mass is 9.75. The fourth-order valence-electron chi connectivity index (χ4n) is 16.4. The Morgan fingerprint density at radius 3 is 0.814 bits per heavy atom. The lowest BCUT2D eigenvalue weighted by Crippen LogP contribution is -2.66. The monoisotopic (exact) mass is 1970 g/mol. The second-order valence-corrected chi connectivity index (χ2v) is 33.9. The Hall–Kier alpha value is -12.2. The maximum absolute atomic E-state index is 14.7. The van der Waals surface area contributed by atoms with Gasteiger partial charge in [-0.05, 0) is 93.7 Å². The zero-order valence-corrected chi connectivity index (χ0v) is 82.0. The van der Waals surface area contributed by atoms with Gasteiger partial charge in [-0.1, -0.05) is 91.0 Å². The molecule has 0 bridgehead atoms. The molecule has 140 heavy (non-hydrogen) atoms. The van der Waals surface area contributed by atoms with Crippen molar-refractivity contribution in [2.24, 2.45) is 0 Å². The number of ether oxygens (including phenoxy) is 15. The zero-order valence-electron chi connectivity index (χ0n) is 82.0. The van der Waals surface area contributed by atoms with E-state index in [0.717, 1.165) is 72.1 Å². The third-order valence-electron chi connectivity index (χ3n) is 22.3. The molecule has 3 aliphatic rings. The Morgan fingerprint density at radius 1 is 0.286 bits per heavy atom. The van der Waals surface area contributed by atoms with E-state index in [0.29, 0.717) is 83.7 Å². The first kappa shape index (κ1) is 117. The van der Waals surface area contributed by atoms with Crippen LogP contribution in [-0.2, 0) is 163 Å². The predicted molar refractivity (Wildman–Crippen MR) is 495 cm³/mol. The molecule has 6 unspecified atom stereocenters. The van der Waals surface area contributed by atoms with Gasteiger partial charge in [-0.25, -0.2) is 0 Å². The van der Waals surface area contributed by atoms with Crippen molar-refractivity contribution in [2.45, 2.75) is 296 Å². The smallest absolute Gasteiger partial charge is 0.303 e. The summed E-state index contributed by atoms with van der Waals surface area (Å²) in [6, 6.07) is 26.6. The number of esters is 9. The van der Waals surface area contributed by atoms with Gasteiger partial charge in [0.1, 0.15) is 56.3 Å². The third-order valence-corrected chi connectivity index (χ3v) is 22.3. The number of nitrogens with one attached hydrogen (secondary N) is 8. The summed E-state index contributed by atoms with van der Waals surface area (Å²) >= 11 is 0. The van der Waals surface area contributed by atoms with Crippen LogP contribution in [0.15, 0.2) is 91.0 Å². The summed E-state index contributed by atoms with van der Waals surface area (Å²) in [5.74, 6) is -9.83. The highest BCUT2D eigenvalue weighted by molar-refractivity contribution is 5.80. The van der Waals surface area contributed by atoms with Crippen LogP contribution >= 0.6 is 0 Å². The van der Waals surface area contributed by atoms with E-state index in [1.807, 2.05) is 54.6 Å². The predicted octanol–water partition coefficient (Wildman–Crippen LogP) is 3.73. The van der Waals surface area contributed by atoms with E-state index in [9.17, 15) is 86.3 Å². The summed E-state index contributed by atoms with van der Waals surface area (Å²) in [7, 11) is 0. The van der Waals surface area contributed by atoms with Crippen LogP contribution in [0.5, 0.6) is 0 Å². The quantitative estimate of drug-likeness (QED) is 0.0173. The molecule has 3 aromatic carbocycles. The Bertz CT molecular complexity index is 4400. The van der Waals surface area contributed by atoms with Crippen molar-refractivity contribution in [3.63, 3.8) is 0 Å². The standard InChI is InChI=1S/C97H140N10O33/c1-61(108)103-85-91(135-70(10)117)88(132-67(7)114)76(58-129-64(4)111)138-94(85)126-55-25-22-40-79(120)98-46-28-43-82(123)101-49-31-51-106(84(125)45-30-48-100-81(122)42-24-27-57-128-96-87(105-63(3)110)93(137-72(12)119)90(134-69(9)116)78(140-96)60-131-66(6)113)52-33-54-107(97(73-34-16-13-17-35-73,74-36-18-14-19-37-74)75-38-20-15-21-39-75)53-32-50-102-83(124)44-29-47-99-80(121)41-23-26-56-127-95-86(104-62(2)109)92(136-71(11)118)89(133-68(8)115)77(139-95)59-130-65(5)112/h13-21,34-39,76-78,85-96H,22-33,40-60H2,1-12H3,(H,98,120)(H,99,121)(H,100,122)(H,101,123)(H,102,124)(H,103,108)(H,104,109)(H,105,110)/t76?,77?,78?,85?,86?,87?,88-,89-,90-,91+,92+,93+,94+,95+,96+/m0/s1. The molecular formula is C97H140N10O33. The Morgan fingerprint density at radius 2 is 0.536 bits per heavy atom. The first-order valence-corrected chi connectivity index (χ1v) is 47.5. The molecule has 3 heterocycles. The molecule has 9 amide bonds. The Labute approximate surface area is 815 Å². The van der Waals surface area contributed by atoms with Crippen LogP contribution in [0, 0.1) is 0 Å². The minimum Gasteiger partial charge on any atom is -0.463 e. The molecule has 43 heteroatoms. The molecule has 15 atom stereocenters. The number of amides is 9. The van der Waals surface area contributed by atoms with Gasteiger partial charge in [-0.2, -0.15) is 0 Å². The Kier molecular flexibility index (Phi) is 52.3. The highest BCUT2D eigenvalue weighted by Crippen LogP contribution is 2.43. The van der Waals surface area contributed by atoms with Crippen LogP contribution in [0.2, 0.25) is 0 Å². The number of carbonyl (C=O) groups excluding carboxylic acids is 18. The molecule has 0 radical (unpaired) electrons. The second kappa shape index (κ2) is 62.8. The van der Waals surface area contributed by atoms with Crippen molar-refractivity contribution in [1.29, 1.82) is 0 Å². The molecule has 0 aliphatic carbocycles. The molecule has 0 aromatic heterocycles. The summed E-state index contributed by atoms with van der Waals surface area (Å²) in [5.41, 5.74) is 1.92. The molecule has 3 aliphatic heterocycles. The number of rotatable bonds is 61.